The third kappa shape index (κ3) is 2.31. The van der Waals surface area contributed by atoms with Crippen molar-refractivity contribution in [2.45, 2.75) is 106 Å². The van der Waals surface area contributed by atoms with E-state index in [2.05, 4.69) is 102 Å². The maximum atomic E-state index is 2.96. The molecule has 0 nitrogen and oxygen atoms in total. The Morgan fingerprint density at radius 2 is 0.500 bits per heavy atom. The summed E-state index contributed by atoms with van der Waals surface area (Å²) < 4.78 is 1.92. The predicted molar refractivity (Wildman–Crippen MR) is 134 cm³/mol. The van der Waals surface area contributed by atoms with Gasteiger partial charge in [-0.3, -0.25) is 0 Å². The van der Waals surface area contributed by atoms with Crippen LogP contribution >= 0.6 is 0 Å². The molecule has 0 saturated carbocycles. The fourth-order valence-corrected chi connectivity index (χ4v) is 211. The molecule has 0 atom stereocenters. The van der Waals surface area contributed by atoms with Crippen LogP contribution in [0.2, 0.25) is 106 Å². The Hall–Kier alpha value is 1.95. The molecule has 1 fully saturated rings. The van der Waals surface area contributed by atoms with E-state index in [-0.39, 0.29) is 0 Å². The van der Waals surface area contributed by atoms with Crippen LogP contribution in [0.1, 0.15) is 0 Å². The van der Waals surface area contributed by atoms with Crippen molar-refractivity contribution in [1.29, 1.82) is 0 Å². The van der Waals surface area contributed by atoms with Gasteiger partial charge in [0.2, 0.25) is 0 Å². The minimum atomic E-state index is -2.02. The zero-order valence-electron chi connectivity index (χ0n) is 20.0. The fraction of sp³-hybridized carbons (Fsp3) is 1.00. The Morgan fingerprint density at radius 1 is 0.375 bits per heavy atom. The van der Waals surface area contributed by atoms with Crippen molar-refractivity contribution in [3.63, 3.8) is 0 Å². The second-order valence-corrected chi connectivity index (χ2v) is 68.5. The first-order valence-electron chi connectivity index (χ1n) is 10.0. The second-order valence-electron chi connectivity index (χ2n) is 13.8. The first-order valence-corrected chi connectivity index (χ1v) is 36.6. The summed E-state index contributed by atoms with van der Waals surface area (Å²) in [6.07, 6.45) is 0. The Bertz CT molecular complexity index is 419. The molecular formula is C18H48Ge2Si4. The third-order valence-electron chi connectivity index (χ3n) is 8.25. The summed E-state index contributed by atoms with van der Waals surface area (Å²) in [6, 6.07) is 0. The zero-order valence-corrected chi connectivity index (χ0v) is 28.2. The topological polar surface area (TPSA) is 0 Å². The van der Waals surface area contributed by atoms with Gasteiger partial charge in [0.05, 0.1) is 0 Å². The molecule has 1 saturated heterocycles. The van der Waals surface area contributed by atoms with Gasteiger partial charge in [-0.25, -0.2) is 0 Å². The van der Waals surface area contributed by atoms with Gasteiger partial charge in [0.15, 0.2) is 0 Å². The number of rotatable bonds is 4. The van der Waals surface area contributed by atoms with Crippen molar-refractivity contribution in [3.8, 4) is 0 Å². The van der Waals surface area contributed by atoms with E-state index in [1.165, 1.54) is 0 Å². The SMILES string of the molecule is C[Si](C)(C)[C]1([Si](C)(C)C)[Ge]([CH3])([CH3])[C]([Si](C)(C)C)([Si](C)(C)C)[Ge]1([CH3])[CH3]. The molecule has 0 spiro atoms. The van der Waals surface area contributed by atoms with E-state index in [4.69, 9.17) is 0 Å². The van der Waals surface area contributed by atoms with Gasteiger partial charge in [-0.2, -0.15) is 0 Å². The van der Waals surface area contributed by atoms with Crippen LogP contribution in [0.4, 0.5) is 0 Å². The molecular weight excluding hydrogens is 474 g/mol. The summed E-state index contributed by atoms with van der Waals surface area (Å²) in [5.74, 6) is 11.8. The summed E-state index contributed by atoms with van der Waals surface area (Å²) in [6.45, 7) is 33.4. The van der Waals surface area contributed by atoms with Crippen molar-refractivity contribution in [1.82, 2.24) is 0 Å². The molecule has 1 aliphatic rings. The Morgan fingerprint density at radius 3 is 0.583 bits per heavy atom. The van der Waals surface area contributed by atoms with Crippen LogP contribution < -0.4 is 0 Å². The molecule has 0 bridgehead atoms. The van der Waals surface area contributed by atoms with E-state index in [1.54, 1.807) is 0 Å². The average molecular weight is 522 g/mol. The summed E-state index contributed by atoms with van der Waals surface area (Å²) >= 11 is -4.05. The Kier molecular flexibility index (Phi) is 5.74. The van der Waals surface area contributed by atoms with Crippen LogP contribution in [0.3, 0.4) is 0 Å². The van der Waals surface area contributed by atoms with Crippen LogP contribution in [-0.4, -0.2) is 58.8 Å². The molecule has 1 rings (SSSR count). The summed E-state index contributed by atoms with van der Waals surface area (Å²) in [7, 11) is -4.82. The molecule has 0 aromatic carbocycles. The van der Waals surface area contributed by atoms with Gasteiger partial charge in [-0.1, -0.05) is 0 Å². The number of hydrogen-bond donors (Lipinski definition) is 0. The van der Waals surface area contributed by atoms with Gasteiger partial charge in [0.25, 0.3) is 0 Å². The summed E-state index contributed by atoms with van der Waals surface area (Å²) in [5, 5.41) is 0. The van der Waals surface area contributed by atoms with E-state index >= 15 is 0 Å². The van der Waals surface area contributed by atoms with Gasteiger partial charge < -0.3 is 0 Å². The van der Waals surface area contributed by atoms with Crippen LogP contribution in [0.25, 0.3) is 0 Å². The minimum absolute atomic E-state index is 0.959. The van der Waals surface area contributed by atoms with Crippen molar-refractivity contribution >= 4 is 58.8 Å². The van der Waals surface area contributed by atoms with E-state index in [0.717, 1.165) is 4.65 Å². The molecule has 0 aromatic rings. The van der Waals surface area contributed by atoms with Gasteiger partial charge in [0, 0.05) is 0 Å². The normalized spacial score (nSPS) is 26.0. The van der Waals surface area contributed by atoms with E-state index in [0.29, 0.717) is 0 Å². The first kappa shape index (κ1) is 24.0. The Labute approximate surface area is 164 Å². The molecule has 0 amide bonds. The molecule has 1 heterocycles. The molecule has 144 valence electrons. The molecule has 24 heavy (non-hydrogen) atoms. The van der Waals surface area contributed by atoms with Crippen molar-refractivity contribution < 1.29 is 0 Å². The quantitative estimate of drug-likeness (QED) is 0.336. The molecule has 1 aliphatic heterocycles. The van der Waals surface area contributed by atoms with Gasteiger partial charge in [-0.15, -0.1) is 0 Å². The van der Waals surface area contributed by atoms with Gasteiger partial charge >= 0.3 is 165 Å². The van der Waals surface area contributed by atoms with Crippen molar-refractivity contribution in [3.05, 3.63) is 0 Å². The first-order chi connectivity index (χ1) is 10.0. The predicted octanol–water partition coefficient (Wildman–Crippen LogP) is 7.49. The van der Waals surface area contributed by atoms with Crippen LogP contribution in [0.5, 0.6) is 0 Å². The number of hydrogen-bond acceptors (Lipinski definition) is 0. The zero-order chi connectivity index (χ0) is 20.0. The standard InChI is InChI=1S/C18H48Ge2Si4/c1-19(2)17(21(5,6)7,22(8,9)10)20(3,4)18(19,23(11,12)13)24(14,15)16/h1-16H3. The van der Waals surface area contributed by atoms with Gasteiger partial charge in [0.1, 0.15) is 0 Å². The molecule has 0 radical (unpaired) electrons. The molecule has 0 unspecified atom stereocenters. The second kappa shape index (κ2) is 5.74. The average Bonchev–Trinajstić information content (AvgIpc) is 2.01. The molecule has 0 aromatic heterocycles. The van der Waals surface area contributed by atoms with E-state index < -0.39 is 58.8 Å². The summed E-state index contributed by atoms with van der Waals surface area (Å²) in [5.41, 5.74) is 0. The Balaban J connectivity index is 4.09. The van der Waals surface area contributed by atoms with Crippen molar-refractivity contribution in [2.75, 3.05) is 0 Å². The summed E-state index contributed by atoms with van der Waals surface area (Å²) in [4.78, 5) is 0. The van der Waals surface area contributed by atoms with Crippen LogP contribution in [0.15, 0.2) is 0 Å². The van der Waals surface area contributed by atoms with Gasteiger partial charge in [-0.05, 0) is 0 Å². The molecule has 6 heteroatoms. The molecule has 0 N–H and O–H groups in total. The van der Waals surface area contributed by atoms with E-state index in [9.17, 15) is 0 Å². The third-order valence-corrected chi connectivity index (χ3v) is 133. The fourth-order valence-electron chi connectivity index (χ4n) is 11.8. The van der Waals surface area contributed by atoms with E-state index in [1.807, 2.05) is 0 Å². The molecule has 0 aliphatic carbocycles. The van der Waals surface area contributed by atoms with Crippen LogP contribution in [-0.2, 0) is 0 Å². The monoisotopic (exact) mass is 524 g/mol. The maximum absolute atomic E-state index is 2.96. The van der Waals surface area contributed by atoms with Crippen molar-refractivity contribution in [2.24, 2.45) is 0 Å². The van der Waals surface area contributed by atoms with Crippen LogP contribution in [0, 0.1) is 0 Å².